The summed E-state index contributed by atoms with van der Waals surface area (Å²) in [5.74, 6) is 14.5. The van der Waals surface area contributed by atoms with Crippen LogP contribution in [0.5, 0.6) is 23.5 Å². The van der Waals surface area contributed by atoms with E-state index in [1.54, 1.807) is 14.0 Å². The Morgan fingerprint density at radius 1 is 0.331 bits per heavy atom. The van der Waals surface area contributed by atoms with Crippen LogP contribution in [-0.2, 0) is 0 Å². The number of pyridine rings is 9. The second-order valence-electron chi connectivity index (χ2n) is 40.2. The minimum absolute atomic E-state index is 0.176. The fourth-order valence-corrected chi connectivity index (χ4v) is 12.2. The summed E-state index contributed by atoms with van der Waals surface area (Å²) < 4.78 is 34.7. The Balaban J connectivity index is 0.000000756. The zero-order chi connectivity index (χ0) is 103. The average molecular weight is 1870 g/mol. The van der Waals surface area contributed by atoms with Gasteiger partial charge in [-0.25, -0.2) is 49.2 Å². The van der Waals surface area contributed by atoms with Crippen molar-refractivity contribution in [1.82, 2.24) is 44.9 Å². The van der Waals surface area contributed by atoms with E-state index in [4.69, 9.17) is 18.9 Å². The van der Waals surface area contributed by atoms with Crippen LogP contribution in [0, 0.1) is 17.3 Å². The van der Waals surface area contributed by atoms with Gasteiger partial charge >= 0.3 is 0 Å². The Kier molecular flexibility index (Phi) is 62.5. The molecule has 19 heteroatoms. The largest absolute Gasteiger partial charge is 0.481 e. The number of anilines is 5. The first-order chi connectivity index (χ1) is 64.1. The van der Waals surface area contributed by atoms with Gasteiger partial charge in [-0.15, -0.1) is 0 Å². The highest BCUT2D eigenvalue weighted by Gasteiger charge is 2.15. The molecule has 0 aliphatic rings. The zero-order valence-corrected chi connectivity index (χ0v) is 92.1. The molecule has 1 aromatic carbocycles. The maximum absolute atomic E-state index is 12.9. The van der Waals surface area contributed by atoms with Crippen molar-refractivity contribution < 1.29 is 23.3 Å². The van der Waals surface area contributed by atoms with Crippen molar-refractivity contribution in [2.75, 3.05) is 78.8 Å². The predicted molar refractivity (Wildman–Crippen MR) is 584 cm³/mol. The number of rotatable bonds is 35. The van der Waals surface area contributed by atoms with E-state index >= 15 is 0 Å². The highest BCUT2D eigenvalue weighted by atomic mass is 19.1. The molecule has 10 aromatic rings. The maximum atomic E-state index is 12.9. The van der Waals surface area contributed by atoms with E-state index in [-0.39, 0.29) is 5.41 Å². The van der Waals surface area contributed by atoms with Crippen LogP contribution in [0.3, 0.4) is 0 Å². The summed E-state index contributed by atoms with van der Waals surface area (Å²) in [6, 6.07) is 51.6. The van der Waals surface area contributed by atoms with E-state index in [0.29, 0.717) is 102 Å². The van der Waals surface area contributed by atoms with E-state index in [0.717, 1.165) is 122 Å². The van der Waals surface area contributed by atoms with Crippen molar-refractivity contribution in [3.05, 3.63) is 250 Å². The number of aromatic nitrogens is 9. The third-order valence-corrected chi connectivity index (χ3v) is 21.4. The summed E-state index contributed by atoms with van der Waals surface area (Å²) in [5.41, 5.74) is 13.2. The van der Waals surface area contributed by atoms with Gasteiger partial charge in [0.05, 0.1) is 26.4 Å². The number of hydrogen-bond donors (Lipinski definition) is 3. The Hall–Kier alpha value is -10.3. The predicted octanol–water partition coefficient (Wildman–Crippen LogP) is 32.5. The van der Waals surface area contributed by atoms with Gasteiger partial charge in [0.2, 0.25) is 23.5 Å². The van der Waals surface area contributed by atoms with Crippen LogP contribution in [0.1, 0.15) is 409 Å². The van der Waals surface area contributed by atoms with Crippen molar-refractivity contribution >= 4 is 29.1 Å². The minimum atomic E-state index is -0.858. The summed E-state index contributed by atoms with van der Waals surface area (Å²) in [6.07, 6.45) is 14.1. The number of hydrogen-bond acceptors (Lipinski definition) is 18. The fourth-order valence-electron chi connectivity index (χ4n) is 12.2. The number of nitrogens with one attached hydrogen (secondary N) is 3. The lowest BCUT2D eigenvalue weighted by atomic mass is 9.99. The molecule has 136 heavy (non-hydrogen) atoms. The van der Waals surface area contributed by atoms with Crippen LogP contribution in [0.25, 0.3) is 0 Å². The molecule has 0 aliphatic carbocycles. The van der Waals surface area contributed by atoms with Crippen LogP contribution in [0.4, 0.5) is 33.5 Å². The summed E-state index contributed by atoms with van der Waals surface area (Å²) in [4.78, 5) is 44.0. The van der Waals surface area contributed by atoms with Crippen molar-refractivity contribution in [2.24, 2.45) is 17.3 Å². The molecule has 0 fully saturated rings. The van der Waals surface area contributed by atoms with Gasteiger partial charge in [0.25, 0.3) is 0 Å². The van der Waals surface area contributed by atoms with Gasteiger partial charge in [0.15, 0.2) is 0 Å². The molecule has 0 aliphatic heterocycles. The van der Waals surface area contributed by atoms with E-state index < -0.39 is 6.17 Å². The molecule has 0 radical (unpaired) electrons. The van der Waals surface area contributed by atoms with Gasteiger partial charge in [-0.1, -0.05) is 280 Å². The van der Waals surface area contributed by atoms with Crippen molar-refractivity contribution in [1.29, 1.82) is 0 Å². The van der Waals surface area contributed by atoms with Crippen LogP contribution in [0.2, 0.25) is 0 Å². The minimum Gasteiger partial charge on any atom is -0.481 e. The quantitative estimate of drug-likeness (QED) is 0.0339. The van der Waals surface area contributed by atoms with Crippen LogP contribution < -0.4 is 44.7 Å². The van der Waals surface area contributed by atoms with Gasteiger partial charge in [0.1, 0.15) is 35.3 Å². The molecule has 9 aromatic heterocycles. The molecule has 9 heterocycles. The first-order valence-corrected chi connectivity index (χ1v) is 50.8. The van der Waals surface area contributed by atoms with Crippen LogP contribution >= 0.6 is 0 Å². The zero-order valence-electron chi connectivity index (χ0n) is 92.1. The average Bonchev–Trinajstić information content (AvgIpc) is 0.883. The first-order valence-electron chi connectivity index (χ1n) is 50.8. The van der Waals surface area contributed by atoms with Crippen molar-refractivity contribution in [3.8, 4) is 23.5 Å². The Morgan fingerprint density at radius 2 is 0.713 bits per heavy atom. The summed E-state index contributed by atoms with van der Waals surface area (Å²) in [7, 11) is 1.62. The van der Waals surface area contributed by atoms with Gasteiger partial charge < -0.3 is 44.7 Å². The first kappa shape index (κ1) is 124. The molecular formula is C117H187FN14O4. The molecule has 0 saturated heterocycles. The van der Waals surface area contributed by atoms with Gasteiger partial charge in [-0.2, -0.15) is 0 Å². The summed E-state index contributed by atoms with van der Waals surface area (Å²) >= 11 is 0. The Labute approximate surface area is 828 Å². The van der Waals surface area contributed by atoms with E-state index in [1.807, 2.05) is 122 Å². The number of benzene rings is 1. The Morgan fingerprint density at radius 3 is 1.09 bits per heavy atom. The molecule has 1 atom stereocenters. The lowest BCUT2D eigenvalue weighted by molar-refractivity contribution is 0.185. The third kappa shape index (κ3) is 54.6. The summed E-state index contributed by atoms with van der Waals surface area (Å²) in [5, 5.41) is 9.85. The SMILES string of the molecule is CC(C)CCOc1ccc(C(C)C)cn1.CC(C)CNc1ccc(C(C)C)cn1.CC(C)Nc1ccc(C(C)C)cn1.CC(C)Nc1cccc(C(C)C)n1.CC(C)c1cccc(C(C)F)c1.CC(C)c1cccc(OCC(C)(C)C)n1.CCC(CC)Oc1ccc(C(C)C)cn1.CCN(CC)c1ccc(C(C)C)cn1.CCN(CC)c1cccc(C(C)C)n1.COc1ccc(C(C)C)cn1. The van der Waals surface area contributed by atoms with Crippen molar-refractivity contribution in [2.45, 2.75) is 366 Å². The second-order valence-corrected chi connectivity index (χ2v) is 40.2. The van der Waals surface area contributed by atoms with Crippen LogP contribution in [-0.4, -0.2) is 116 Å². The number of methoxy groups -OCH3 is 1. The Bertz CT molecular complexity index is 4590. The van der Waals surface area contributed by atoms with Gasteiger partial charge in [-0.3, -0.25) is 0 Å². The molecule has 3 N–H and O–H groups in total. The van der Waals surface area contributed by atoms with E-state index in [2.05, 4.69) is 394 Å². The molecule has 18 nitrogen and oxygen atoms in total. The number of halogens is 1. The van der Waals surface area contributed by atoms with E-state index in [1.165, 1.54) is 44.6 Å². The molecule has 1 unspecified atom stereocenters. The maximum Gasteiger partial charge on any atom is 0.213 e. The number of alkyl halides is 1. The van der Waals surface area contributed by atoms with Gasteiger partial charge in [-0.05, 0) is 251 Å². The van der Waals surface area contributed by atoms with Gasteiger partial charge in [0, 0.05) is 123 Å². The number of nitrogens with zero attached hydrogens (tertiary/aromatic N) is 11. The topological polar surface area (TPSA) is 196 Å². The fraction of sp³-hybridized carbons (Fsp3) is 0.564. The lowest BCUT2D eigenvalue weighted by Crippen LogP contribution is -2.23. The third-order valence-electron chi connectivity index (χ3n) is 21.4. The number of ether oxygens (including phenoxy) is 4. The monoisotopic (exact) mass is 1870 g/mol. The normalized spacial score (nSPS) is 11.2. The lowest BCUT2D eigenvalue weighted by Gasteiger charge is -2.20. The standard InChI is InChI=1S/3C13H21NO.3C12H20N2.C11H15F.2C11H18N2.C9H13NO/c1-10(2)11-7-6-8-12(14-11)15-9-13(3,4)5;1-10(2)7-8-15-13-6-5-12(9-14-13)11(3)4;1-5-12(6-2)15-13-8-7-11(9-14-13)10(3)4;1-9(2)7-13-12-6-5-11(8-14-12)10(3)4;1-5-14(6-2)12-8-7-11(9-13-12)10(3)4;1-5-14(6-2)12-9-7-8-11(13-12)10(3)4;1-8(2)10-5-4-6-11(7-10)9(3)12;1-8(2)10-5-6-11(12-7-10)13-9(3)4;1-8(2)10-6-5-7-11(13-10)12-9(3)4;1-7(2)8-4-5-9(11-3)10-6-8/h6-8,10H,9H2,1-5H3;5-6,9-11H,7-8H2,1-4H3;7-10,12H,5-6H2,1-4H3;5-6,8-10H,7H2,1-4H3,(H,13,14);2*7-10H,5-6H2,1-4H3;4-9H,1-3H3;2*5-9H,1-4H3,(H,12,13);4-7H,1-3H3. The highest BCUT2D eigenvalue weighted by molar-refractivity contribution is 5.42. The molecule has 0 saturated carbocycles. The smallest absolute Gasteiger partial charge is 0.213 e. The second kappa shape index (κ2) is 68.7. The molecule has 10 rings (SSSR count). The molecule has 0 amide bonds. The highest BCUT2D eigenvalue weighted by Crippen LogP contribution is 2.27. The molecular weight excluding hydrogens is 1680 g/mol. The van der Waals surface area contributed by atoms with Crippen LogP contribution in [0.15, 0.2) is 189 Å². The summed E-state index contributed by atoms with van der Waals surface area (Å²) in [6.45, 7) is 87.8. The molecule has 0 spiro atoms. The molecule has 0 bridgehead atoms. The van der Waals surface area contributed by atoms with Crippen molar-refractivity contribution in [3.63, 3.8) is 0 Å². The van der Waals surface area contributed by atoms with E-state index in [9.17, 15) is 4.39 Å². The molecule has 756 valence electrons.